The molecule has 4 saturated carbocycles. The molecule has 0 atom stereocenters. The van der Waals surface area contributed by atoms with Crippen LogP contribution in [0.15, 0.2) is 0 Å². The quantitative estimate of drug-likeness (QED) is 0.747. The largest absolute Gasteiger partial charge is 0.343 e. The molecule has 0 aromatic rings. The van der Waals surface area contributed by atoms with Crippen LogP contribution in [0.25, 0.3) is 0 Å². The van der Waals surface area contributed by atoms with E-state index in [1.54, 1.807) is 0 Å². The number of nitrogens with zero attached hydrogens (tertiary/aromatic N) is 1. The Morgan fingerprint density at radius 1 is 1.00 bits per heavy atom. The molecule has 4 rings (SSSR count). The van der Waals surface area contributed by atoms with Crippen molar-refractivity contribution >= 4 is 5.91 Å². The molecule has 4 aliphatic rings. The minimum atomic E-state index is 0.411. The van der Waals surface area contributed by atoms with Crippen LogP contribution in [0, 0.1) is 23.2 Å². The third-order valence-electron chi connectivity index (χ3n) is 5.81. The van der Waals surface area contributed by atoms with E-state index in [1.807, 2.05) is 4.90 Å². The molecule has 1 amide bonds. The van der Waals surface area contributed by atoms with Crippen molar-refractivity contribution in [3.05, 3.63) is 0 Å². The van der Waals surface area contributed by atoms with Gasteiger partial charge >= 0.3 is 0 Å². The summed E-state index contributed by atoms with van der Waals surface area (Å²) in [6, 6.07) is 0. The molecule has 4 aliphatic carbocycles. The average Bonchev–Trinajstić information content (AvgIpc) is 2.27. The van der Waals surface area contributed by atoms with Crippen LogP contribution >= 0.6 is 0 Å². The monoisotopic (exact) mass is 249 g/mol. The molecule has 0 unspecified atom stereocenters. The first-order valence-corrected chi connectivity index (χ1v) is 7.92. The first-order valence-electron chi connectivity index (χ1n) is 7.92. The Morgan fingerprint density at radius 3 is 1.83 bits per heavy atom. The van der Waals surface area contributed by atoms with E-state index in [4.69, 9.17) is 0 Å². The summed E-state index contributed by atoms with van der Waals surface area (Å²) < 4.78 is 0. The number of carbonyl (C=O) groups excluding carboxylic acids is 1. The van der Waals surface area contributed by atoms with Crippen LogP contribution in [-0.2, 0) is 4.79 Å². The van der Waals surface area contributed by atoms with Gasteiger partial charge in [-0.25, -0.2) is 0 Å². The van der Waals surface area contributed by atoms with Gasteiger partial charge in [0.05, 0.1) is 0 Å². The van der Waals surface area contributed by atoms with Gasteiger partial charge < -0.3 is 4.90 Å². The summed E-state index contributed by atoms with van der Waals surface area (Å²) in [4.78, 5) is 14.4. The molecular formula is C16H27NO. The SMILES string of the molecule is CCN(CC)C(=O)CC12CC3CC(CC(C3)C1)C2. The van der Waals surface area contributed by atoms with Crippen molar-refractivity contribution in [2.24, 2.45) is 23.2 Å². The minimum Gasteiger partial charge on any atom is -0.343 e. The Labute approximate surface area is 111 Å². The molecule has 0 aromatic carbocycles. The van der Waals surface area contributed by atoms with E-state index in [1.165, 1.54) is 38.5 Å². The van der Waals surface area contributed by atoms with Crippen molar-refractivity contribution in [1.29, 1.82) is 0 Å². The summed E-state index contributed by atoms with van der Waals surface area (Å²) in [6.45, 7) is 5.95. The van der Waals surface area contributed by atoms with E-state index in [-0.39, 0.29) is 0 Å². The Kier molecular flexibility index (Phi) is 3.15. The highest BCUT2D eigenvalue weighted by atomic mass is 16.2. The second kappa shape index (κ2) is 4.54. The lowest BCUT2D eigenvalue weighted by Crippen LogP contribution is -2.48. The Morgan fingerprint density at radius 2 is 1.44 bits per heavy atom. The molecule has 18 heavy (non-hydrogen) atoms. The van der Waals surface area contributed by atoms with Crippen molar-refractivity contribution in [1.82, 2.24) is 4.90 Å². The molecule has 0 heterocycles. The second-order valence-corrected chi connectivity index (χ2v) is 7.16. The second-order valence-electron chi connectivity index (χ2n) is 7.16. The van der Waals surface area contributed by atoms with Crippen molar-refractivity contribution in [2.75, 3.05) is 13.1 Å². The fourth-order valence-electron chi connectivity index (χ4n) is 5.52. The molecule has 0 aliphatic heterocycles. The summed E-state index contributed by atoms with van der Waals surface area (Å²) >= 11 is 0. The van der Waals surface area contributed by atoms with Crippen LogP contribution < -0.4 is 0 Å². The van der Waals surface area contributed by atoms with Crippen LogP contribution in [0.5, 0.6) is 0 Å². The summed E-state index contributed by atoms with van der Waals surface area (Å²) in [7, 11) is 0. The van der Waals surface area contributed by atoms with Gasteiger partial charge in [-0.05, 0) is 75.5 Å². The maximum absolute atomic E-state index is 12.4. The van der Waals surface area contributed by atoms with Gasteiger partial charge in [0.15, 0.2) is 0 Å². The van der Waals surface area contributed by atoms with Crippen molar-refractivity contribution < 1.29 is 4.79 Å². The third-order valence-corrected chi connectivity index (χ3v) is 5.81. The molecule has 2 nitrogen and oxygen atoms in total. The predicted octanol–water partition coefficient (Wildman–Crippen LogP) is 3.46. The van der Waals surface area contributed by atoms with Crippen molar-refractivity contribution in [3.63, 3.8) is 0 Å². The lowest BCUT2D eigenvalue weighted by molar-refractivity contribution is -0.139. The van der Waals surface area contributed by atoms with Gasteiger partial charge in [-0.3, -0.25) is 4.79 Å². The molecule has 0 radical (unpaired) electrons. The number of hydrogen-bond acceptors (Lipinski definition) is 1. The van der Waals surface area contributed by atoms with Gasteiger partial charge in [0.1, 0.15) is 0 Å². The molecule has 4 fully saturated rings. The third kappa shape index (κ3) is 2.08. The van der Waals surface area contributed by atoms with Gasteiger partial charge in [-0.2, -0.15) is 0 Å². The first kappa shape index (κ1) is 12.5. The van der Waals surface area contributed by atoms with Crippen LogP contribution in [0.3, 0.4) is 0 Å². The topological polar surface area (TPSA) is 20.3 Å². The predicted molar refractivity (Wildman–Crippen MR) is 73.2 cm³/mol. The van der Waals surface area contributed by atoms with Gasteiger partial charge in [0.25, 0.3) is 0 Å². The van der Waals surface area contributed by atoms with E-state index in [2.05, 4.69) is 13.8 Å². The molecule has 2 heteroatoms. The zero-order valence-electron chi connectivity index (χ0n) is 12.0. The van der Waals surface area contributed by atoms with E-state index in [0.717, 1.165) is 37.3 Å². The number of rotatable bonds is 4. The molecule has 0 saturated heterocycles. The van der Waals surface area contributed by atoms with Gasteiger partial charge in [0.2, 0.25) is 5.91 Å². The number of carbonyl (C=O) groups is 1. The van der Waals surface area contributed by atoms with Crippen molar-refractivity contribution in [3.8, 4) is 0 Å². The highest BCUT2D eigenvalue weighted by molar-refractivity contribution is 5.77. The molecule has 0 aromatic heterocycles. The fourth-order valence-corrected chi connectivity index (χ4v) is 5.52. The van der Waals surface area contributed by atoms with Crippen molar-refractivity contribution in [2.45, 2.75) is 58.8 Å². The highest BCUT2D eigenvalue weighted by Gasteiger charge is 2.51. The van der Waals surface area contributed by atoms with Crippen LogP contribution in [-0.4, -0.2) is 23.9 Å². The lowest BCUT2D eigenvalue weighted by atomic mass is 9.49. The Hall–Kier alpha value is -0.530. The number of hydrogen-bond donors (Lipinski definition) is 0. The van der Waals surface area contributed by atoms with E-state index >= 15 is 0 Å². The fraction of sp³-hybridized carbons (Fsp3) is 0.938. The lowest BCUT2D eigenvalue weighted by Gasteiger charge is -2.57. The van der Waals surface area contributed by atoms with E-state index in [0.29, 0.717) is 11.3 Å². The normalized spacial score (nSPS) is 41.1. The molecular weight excluding hydrogens is 222 g/mol. The summed E-state index contributed by atoms with van der Waals surface area (Å²) in [6.07, 6.45) is 9.32. The molecule has 4 bridgehead atoms. The van der Waals surface area contributed by atoms with Crippen LogP contribution in [0.4, 0.5) is 0 Å². The summed E-state index contributed by atoms with van der Waals surface area (Å²) in [5.41, 5.74) is 0.411. The summed E-state index contributed by atoms with van der Waals surface area (Å²) in [5, 5.41) is 0. The smallest absolute Gasteiger partial charge is 0.223 e. The zero-order chi connectivity index (χ0) is 12.8. The summed E-state index contributed by atoms with van der Waals surface area (Å²) in [5.74, 6) is 3.30. The van der Waals surface area contributed by atoms with Gasteiger partial charge in [0, 0.05) is 19.5 Å². The zero-order valence-corrected chi connectivity index (χ0v) is 12.0. The van der Waals surface area contributed by atoms with Gasteiger partial charge in [-0.1, -0.05) is 0 Å². The first-order chi connectivity index (χ1) is 8.64. The Balaban J connectivity index is 1.70. The Bertz CT molecular complexity index is 297. The minimum absolute atomic E-state index is 0.411. The standard InChI is InChI=1S/C16H27NO/c1-3-17(4-2)15(18)11-16-8-12-5-13(9-16)7-14(6-12)10-16/h12-14H,3-11H2,1-2H3. The maximum Gasteiger partial charge on any atom is 0.223 e. The maximum atomic E-state index is 12.4. The van der Waals surface area contributed by atoms with E-state index < -0.39 is 0 Å². The number of amides is 1. The van der Waals surface area contributed by atoms with E-state index in [9.17, 15) is 4.79 Å². The molecule has 102 valence electrons. The molecule has 0 spiro atoms. The highest BCUT2D eigenvalue weighted by Crippen LogP contribution is 2.61. The van der Waals surface area contributed by atoms with Crippen LogP contribution in [0.2, 0.25) is 0 Å². The average molecular weight is 249 g/mol. The van der Waals surface area contributed by atoms with Crippen LogP contribution in [0.1, 0.15) is 58.8 Å². The molecule has 0 N–H and O–H groups in total. The van der Waals surface area contributed by atoms with Gasteiger partial charge in [-0.15, -0.1) is 0 Å².